The maximum absolute atomic E-state index is 5.53. The number of fused-ring (bicyclic) bond motifs is 3. The van der Waals surface area contributed by atoms with Gasteiger partial charge in [-0.05, 0) is 34.4 Å². The highest BCUT2D eigenvalue weighted by Crippen LogP contribution is 2.45. The first-order valence-electron chi connectivity index (χ1n) is 6.64. The van der Waals surface area contributed by atoms with Crippen molar-refractivity contribution in [3.05, 3.63) is 83.8 Å². The number of benzene rings is 2. The second-order valence-electron chi connectivity index (χ2n) is 5.01. The zero-order chi connectivity index (χ0) is 12.7. The van der Waals surface area contributed by atoms with Crippen molar-refractivity contribution in [2.45, 2.75) is 12.3 Å². The lowest BCUT2D eigenvalue weighted by atomic mass is 9.93. The summed E-state index contributed by atoms with van der Waals surface area (Å²) in [5, 5.41) is 0. The molecule has 2 aromatic carbocycles. The third-order valence-corrected chi connectivity index (χ3v) is 3.95. The van der Waals surface area contributed by atoms with Crippen LogP contribution in [0.5, 0.6) is 0 Å². The predicted octanol–water partition coefficient (Wildman–Crippen LogP) is 4.63. The van der Waals surface area contributed by atoms with Crippen molar-refractivity contribution in [3.8, 4) is 11.1 Å². The van der Waals surface area contributed by atoms with E-state index in [0.29, 0.717) is 5.92 Å². The Morgan fingerprint density at radius 3 is 1.95 bits per heavy atom. The van der Waals surface area contributed by atoms with Crippen LogP contribution in [-0.4, -0.2) is 0 Å². The van der Waals surface area contributed by atoms with E-state index in [1.165, 1.54) is 22.3 Å². The minimum Gasteiger partial charge on any atom is -0.469 e. The molecule has 1 aliphatic rings. The van der Waals surface area contributed by atoms with Crippen LogP contribution in [-0.2, 0) is 6.42 Å². The molecule has 4 rings (SSSR count). The lowest BCUT2D eigenvalue weighted by molar-refractivity contribution is 0.499. The summed E-state index contributed by atoms with van der Waals surface area (Å²) in [6, 6.07) is 21.4. The summed E-state index contributed by atoms with van der Waals surface area (Å²) in [6.07, 6.45) is 2.68. The maximum Gasteiger partial charge on any atom is 0.104 e. The highest BCUT2D eigenvalue weighted by Gasteiger charge is 2.28. The highest BCUT2D eigenvalue weighted by molar-refractivity contribution is 5.78. The lowest BCUT2D eigenvalue weighted by Crippen LogP contribution is -2.00. The molecule has 0 atom stereocenters. The molecule has 1 aromatic heterocycles. The van der Waals surface area contributed by atoms with Crippen LogP contribution in [0.1, 0.15) is 22.8 Å². The van der Waals surface area contributed by atoms with Crippen LogP contribution in [0, 0.1) is 0 Å². The lowest BCUT2D eigenvalue weighted by Gasteiger charge is -2.11. The van der Waals surface area contributed by atoms with E-state index in [-0.39, 0.29) is 0 Å². The summed E-state index contributed by atoms with van der Waals surface area (Å²) >= 11 is 0. The molecule has 0 saturated carbocycles. The molecule has 1 aliphatic carbocycles. The SMILES string of the molecule is c1coc(CC2c3ccccc3-c3ccccc32)c1. The minimum atomic E-state index is 0.415. The molecule has 1 heteroatoms. The van der Waals surface area contributed by atoms with Crippen LogP contribution in [0.2, 0.25) is 0 Å². The van der Waals surface area contributed by atoms with Gasteiger partial charge < -0.3 is 4.42 Å². The second-order valence-corrected chi connectivity index (χ2v) is 5.01. The highest BCUT2D eigenvalue weighted by atomic mass is 16.3. The minimum absolute atomic E-state index is 0.415. The van der Waals surface area contributed by atoms with E-state index in [1.54, 1.807) is 6.26 Å². The molecular weight excluding hydrogens is 232 g/mol. The number of hydrogen-bond donors (Lipinski definition) is 0. The van der Waals surface area contributed by atoms with E-state index in [1.807, 2.05) is 6.07 Å². The molecule has 19 heavy (non-hydrogen) atoms. The zero-order valence-electron chi connectivity index (χ0n) is 10.5. The summed E-state index contributed by atoms with van der Waals surface area (Å²) in [5.74, 6) is 1.47. The first kappa shape index (κ1) is 10.6. The first-order chi connectivity index (χ1) is 9.43. The van der Waals surface area contributed by atoms with Gasteiger partial charge in [0.2, 0.25) is 0 Å². The number of hydrogen-bond acceptors (Lipinski definition) is 1. The van der Waals surface area contributed by atoms with E-state index in [0.717, 1.165) is 12.2 Å². The average Bonchev–Trinajstić information content (AvgIpc) is 3.08. The van der Waals surface area contributed by atoms with Crippen LogP contribution in [0.25, 0.3) is 11.1 Å². The fourth-order valence-corrected chi connectivity index (χ4v) is 3.11. The molecule has 0 bridgehead atoms. The number of rotatable bonds is 2. The van der Waals surface area contributed by atoms with Gasteiger partial charge in [-0.25, -0.2) is 0 Å². The molecule has 0 radical (unpaired) electrons. The summed E-state index contributed by atoms with van der Waals surface area (Å²) in [4.78, 5) is 0. The van der Waals surface area contributed by atoms with Crippen molar-refractivity contribution in [2.24, 2.45) is 0 Å². The van der Waals surface area contributed by atoms with Crippen molar-refractivity contribution in [1.82, 2.24) is 0 Å². The summed E-state index contributed by atoms with van der Waals surface area (Å²) in [6.45, 7) is 0. The molecule has 0 spiro atoms. The molecule has 0 fully saturated rings. The molecule has 0 unspecified atom stereocenters. The topological polar surface area (TPSA) is 13.1 Å². The van der Waals surface area contributed by atoms with Crippen molar-refractivity contribution >= 4 is 0 Å². The number of furan rings is 1. The van der Waals surface area contributed by atoms with E-state index in [2.05, 4.69) is 54.6 Å². The molecule has 1 heterocycles. The van der Waals surface area contributed by atoms with Gasteiger partial charge in [0, 0.05) is 12.3 Å². The fourth-order valence-electron chi connectivity index (χ4n) is 3.11. The Bertz CT molecular complexity index is 665. The molecule has 0 N–H and O–H groups in total. The Morgan fingerprint density at radius 1 is 0.737 bits per heavy atom. The van der Waals surface area contributed by atoms with Gasteiger partial charge in [0.05, 0.1) is 6.26 Å². The van der Waals surface area contributed by atoms with Gasteiger partial charge in [-0.2, -0.15) is 0 Å². The summed E-state index contributed by atoms with van der Waals surface area (Å²) in [5.41, 5.74) is 5.57. The Hall–Kier alpha value is -2.28. The van der Waals surface area contributed by atoms with Gasteiger partial charge >= 0.3 is 0 Å². The molecular formula is C18H14O. The molecule has 3 aromatic rings. The van der Waals surface area contributed by atoms with Crippen molar-refractivity contribution in [1.29, 1.82) is 0 Å². The third kappa shape index (κ3) is 1.62. The monoisotopic (exact) mass is 246 g/mol. The fraction of sp³-hybridized carbons (Fsp3) is 0.111. The molecule has 92 valence electrons. The smallest absolute Gasteiger partial charge is 0.104 e. The van der Waals surface area contributed by atoms with Crippen LogP contribution in [0.4, 0.5) is 0 Å². The Labute approximate surface area is 112 Å². The zero-order valence-corrected chi connectivity index (χ0v) is 10.5. The Kier molecular flexibility index (Phi) is 2.31. The third-order valence-electron chi connectivity index (χ3n) is 3.95. The van der Waals surface area contributed by atoms with Gasteiger partial charge in [0.15, 0.2) is 0 Å². The van der Waals surface area contributed by atoms with Crippen molar-refractivity contribution < 1.29 is 4.42 Å². The van der Waals surface area contributed by atoms with Crippen molar-refractivity contribution in [2.75, 3.05) is 0 Å². The van der Waals surface area contributed by atoms with Crippen LogP contribution >= 0.6 is 0 Å². The van der Waals surface area contributed by atoms with Gasteiger partial charge in [-0.1, -0.05) is 48.5 Å². The average molecular weight is 246 g/mol. The molecule has 0 saturated heterocycles. The normalized spacial score (nSPS) is 13.3. The van der Waals surface area contributed by atoms with Crippen molar-refractivity contribution in [3.63, 3.8) is 0 Å². The van der Waals surface area contributed by atoms with Gasteiger partial charge in [0.25, 0.3) is 0 Å². The summed E-state index contributed by atoms with van der Waals surface area (Å²) < 4.78 is 5.53. The quantitative estimate of drug-likeness (QED) is 0.642. The van der Waals surface area contributed by atoms with E-state index < -0.39 is 0 Å². The largest absolute Gasteiger partial charge is 0.469 e. The maximum atomic E-state index is 5.53. The van der Waals surface area contributed by atoms with Crippen LogP contribution in [0.3, 0.4) is 0 Å². The summed E-state index contributed by atoms with van der Waals surface area (Å²) in [7, 11) is 0. The van der Waals surface area contributed by atoms with E-state index >= 15 is 0 Å². The molecule has 0 amide bonds. The Balaban J connectivity index is 1.86. The van der Waals surface area contributed by atoms with E-state index in [4.69, 9.17) is 4.42 Å². The van der Waals surface area contributed by atoms with Crippen LogP contribution in [0.15, 0.2) is 71.3 Å². The molecule has 0 aliphatic heterocycles. The second kappa shape index (κ2) is 4.13. The van der Waals surface area contributed by atoms with Crippen LogP contribution < -0.4 is 0 Å². The predicted molar refractivity (Wildman–Crippen MR) is 76.1 cm³/mol. The molecule has 1 nitrogen and oxygen atoms in total. The Morgan fingerprint density at radius 2 is 1.37 bits per heavy atom. The standard InChI is InChI=1S/C18H14O/c1-3-9-16-14(7-1)15-8-2-4-10-17(15)18(16)12-13-6-5-11-19-13/h1-11,18H,12H2. The van der Waals surface area contributed by atoms with Gasteiger partial charge in [-0.3, -0.25) is 0 Å². The van der Waals surface area contributed by atoms with Gasteiger partial charge in [-0.15, -0.1) is 0 Å². The van der Waals surface area contributed by atoms with Gasteiger partial charge in [0.1, 0.15) is 5.76 Å². The first-order valence-corrected chi connectivity index (χ1v) is 6.64. The van der Waals surface area contributed by atoms with E-state index in [9.17, 15) is 0 Å².